The van der Waals surface area contributed by atoms with Crippen molar-refractivity contribution >= 4 is 17.9 Å². The molecule has 1 aromatic rings. The summed E-state index contributed by atoms with van der Waals surface area (Å²) in [5.74, 6) is 0. The summed E-state index contributed by atoms with van der Waals surface area (Å²) in [5, 5.41) is 2.80. The second-order valence-corrected chi connectivity index (χ2v) is 5.78. The van der Waals surface area contributed by atoms with Gasteiger partial charge in [-0.2, -0.15) is 0 Å². The Labute approximate surface area is 121 Å². The molecule has 1 amide bonds. The van der Waals surface area contributed by atoms with Gasteiger partial charge >= 0.3 is 6.09 Å². The average molecular weight is 276 g/mol. The van der Waals surface area contributed by atoms with Crippen LogP contribution < -0.4 is 11.1 Å². The highest BCUT2D eigenvalue weighted by atomic mass is 16.6. The molecule has 0 atom stereocenters. The van der Waals surface area contributed by atoms with E-state index in [1.165, 1.54) is 0 Å². The molecule has 0 radical (unpaired) electrons. The molecular weight excluding hydrogens is 252 g/mol. The lowest BCUT2D eigenvalue weighted by atomic mass is 10.0. The van der Waals surface area contributed by atoms with Crippen LogP contribution >= 0.6 is 0 Å². The third kappa shape index (κ3) is 5.05. The summed E-state index contributed by atoms with van der Waals surface area (Å²) < 4.78 is 5.27. The van der Waals surface area contributed by atoms with E-state index in [2.05, 4.69) is 11.4 Å². The van der Waals surface area contributed by atoms with E-state index in [0.717, 1.165) is 22.4 Å². The molecule has 0 bridgehead atoms. The van der Waals surface area contributed by atoms with Gasteiger partial charge in [0.2, 0.25) is 0 Å². The standard InChI is InChI=1S/C16H24N2O2/c1-11-9-13(7-6-8-17)10-14(12(11)2)18-15(19)20-16(3,4)5/h6-7,9-10H,8,17H2,1-5H3,(H,18,19)/b7-6+. The molecule has 0 aliphatic rings. The number of hydrogen-bond donors (Lipinski definition) is 2. The van der Waals surface area contributed by atoms with Crippen LogP contribution in [0.5, 0.6) is 0 Å². The number of nitrogens with two attached hydrogens (primary N) is 1. The lowest BCUT2D eigenvalue weighted by molar-refractivity contribution is 0.0636. The van der Waals surface area contributed by atoms with Gasteiger partial charge in [-0.3, -0.25) is 5.32 Å². The molecule has 0 spiro atoms. The first-order valence-electron chi connectivity index (χ1n) is 6.71. The fourth-order valence-corrected chi connectivity index (χ4v) is 1.73. The Hall–Kier alpha value is -1.81. The van der Waals surface area contributed by atoms with E-state index in [0.29, 0.717) is 6.54 Å². The zero-order valence-electron chi connectivity index (χ0n) is 12.9. The van der Waals surface area contributed by atoms with Crippen LogP contribution in [0.1, 0.15) is 37.5 Å². The number of benzene rings is 1. The summed E-state index contributed by atoms with van der Waals surface area (Å²) in [5.41, 5.74) is 8.85. The number of nitrogens with one attached hydrogen (secondary N) is 1. The number of amides is 1. The summed E-state index contributed by atoms with van der Waals surface area (Å²) in [4.78, 5) is 11.8. The van der Waals surface area contributed by atoms with Gasteiger partial charge in [0.1, 0.15) is 5.60 Å². The lowest BCUT2D eigenvalue weighted by Gasteiger charge is -2.20. The topological polar surface area (TPSA) is 64.3 Å². The van der Waals surface area contributed by atoms with Crippen molar-refractivity contribution in [1.29, 1.82) is 0 Å². The minimum atomic E-state index is -0.510. The molecule has 4 heteroatoms. The van der Waals surface area contributed by atoms with E-state index < -0.39 is 11.7 Å². The fourth-order valence-electron chi connectivity index (χ4n) is 1.73. The molecule has 3 N–H and O–H groups in total. The quantitative estimate of drug-likeness (QED) is 0.886. The monoisotopic (exact) mass is 276 g/mol. The molecule has 0 fully saturated rings. The second-order valence-electron chi connectivity index (χ2n) is 5.78. The minimum Gasteiger partial charge on any atom is -0.444 e. The summed E-state index contributed by atoms with van der Waals surface area (Å²) in [7, 11) is 0. The van der Waals surface area contributed by atoms with Gasteiger partial charge < -0.3 is 10.5 Å². The molecule has 1 rings (SSSR count). The molecule has 0 heterocycles. The number of carbonyl (C=O) groups is 1. The number of carbonyl (C=O) groups excluding carboxylic acids is 1. The molecule has 0 aromatic heterocycles. The van der Waals surface area contributed by atoms with Gasteiger partial charge in [0.05, 0.1) is 0 Å². The van der Waals surface area contributed by atoms with Crippen LogP contribution in [0.2, 0.25) is 0 Å². The maximum atomic E-state index is 11.8. The molecule has 20 heavy (non-hydrogen) atoms. The van der Waals surface area contributed by atoms with Gasteiger partial charge in [0.25, 0.3) is 0 Å². The van der Waals surface area contributed by atoms with E-state index in [1.54, 1.807) is 0 Å². The normalized spacial score (nSPS) is 11.7. The SMILES string of the molecule is Cc1cc(/C=C/CN)cc(NC(=O)OC(C)(C)C)c1C. The van der Waals surface area contributed by atoms with Crippen LogP contribution in [-0.2, 0) is 4.74 Å². The van der Waals surface area contributed by atoms with Crippen LogP contribution in [0, 0.1) is 13.8 Å². The molecule has 1 aromatic carbocycles. The van der Waals surface area contributed by atoms with Crippen molar-refractivity contribution in [3.8, 4) is 0 Å². The van der Waals surface area contributed by atoms with E-state index in [4.69, 9.17) is 10.5 Å². The van der Waals surface area contributed by atoms with E-state index in [9.17, 15) is 4.79 Å². The summed E-state index contributed by atoms with van der Waals surface area (Å²) in [6.45, 7) is 9.98. The molecule has 110 valence electrons. The predicted molar refractivity (Wildman–Crippen MR) is 83.9 cm³/mol. The molecule has 0 unspecified atom stereocenters. The zero-order chi connectivity index (χ0) is 15.3. The Bertz CT molecular complexity index is 514. The van der Waals surface area contributed by atoms with Crippen LogP contribution in [0.25, 0.3) is 6.08 Å². The lowest BCUT2D eigenvalue weighted by Crippen LogP contribution is -2.27. The average Bonchev–Trinajstić information content (AvgIpc) is 2.30. The van der Waals surface area contributed by atoms with Gasteiger partial charge in [0, 0.05) is 12.2 Å². The summed E-state index contributed by atoms with van der Waals surface area (Å²) in [6, 6.07) is 3.97. The predicted octanol–water partition coefficient (Wildman–Crippen LogP) is 3.62. The third-order valence-corrected chi connectivity index (χ3v) is 2.77. The number of aryl methyl sites for hydroxylation is 1. The van der Waals surface area contributed by atoms with Crippen LogP contribution in [0.3, 0.4) is 0 Å². The van der Waals surface area contributed by atoms with E-state index >= 15 is 0 Å². The number of ether oxygens (including phenoxy) is 1. The Kier molecular flexibility index (Phi) is 5.34. The zero-order valence-corrected chi connectivity index (χ0v) is 12.9. The minimum absolute atomic E-state index is 0.444. The van der Waals surface area contributed by atoms with Gasteiger partial charge in [-0.1, -0.05) is 18.2 Å². The largest absolute Gasteiger partial charge is 0.444 e. The van der Waals surface area contributed by atoms with Crippen molar-refractivity contribution in [2.75, 3.05) is 11.9 Å². The Morgan fingerprint density at radius 1 is 1.35 bits per heavy atom. The Balaban J connectivity index is 2.96. The second kappa shape index (κ2) is 6.57. The fraction of sp³-hybridized carbons (Fsp3) is 0.438. The van der Waals surface area contributed by atoms with Crippen molar-refractivity contribution < 1.29 is 9.53 Å². The maximum Gasteiger partial charge on any atom is 0.412 e. The number of anilines is 1. The van der Waals surface area contributed by atoms with Crippen LogP contribution in [-0.4, -0.2) is 18.2 Å². The molecule has 0 saturated carbocycles. The van der Waals surface area contributed by atoms with Crippen LogP contribution in [0.4, 0.5) is 10.5 Å². The smallest absolute Gasteiger partial charge is 0.412 e. The Morgan fingerprint density at radius 2 is 2.00 bits per heavy atom. The molecular formula is C16H24N2O2. The van der Waals surface area contributed by atoms with Crippen molar-refractivity contribution in [2.45, 2.75) is 40.2 Å². The van der Waals surface area contributed by atoms with Crippen LogP contribution in [0.15, 0.2) is 18.2 Å². The molecule has 0 aliphatic heterocycles. The van der Waals surface area contributed by atoms with Crippen molar-refractivity contribution in [3.63, 3.8) is 0 Å². The molecule has 4 nitrogen and oxygen atoms in total. The number of rotatable bonds is 3. The van der Waals surface area contributed by atoms with Gasteiger partial charge in [-0.15, -0.1) is 0 Å². The molecule has 0 aliphatic carbocycles. The highest BCUT2D eigenvalue weighted by Gasteiger charge is 2.17. The maximum absolute atomic E-state index is 11.8. The van der Waals surface area contributed by atoms with Crippen molar-refractivity contribution in [2.24, 2.45) is 5.73 Å². The van der Waals surface area contributed by atoms with E-state index in [1.807, 2.05) is 52.8 Å². The first-order chi connectivity index (χ1) is 9.23. The van der Waals surface area contributed by atoms with E-state index in [-0.39, 0.29) is 0 Å². The van der Waals surface area contributed by atoms with Gasteiger partial charge in [-0.25, -0.2) is 4.79 Å². The highest BCUT2D eigenvalue weighted by Crippen LogP contribution is 2.23. The molecule has 0 saturated heterocycles. The first kappa shape index (κ1) is 16.2. The Morgan fingerprint density at radius 3 is 2.55 bits per heavy atom. The van der Waals surface area contributed by atoms with Gasteiger partial charge in [-0.05, 0) is 57.4 Å². The van der Waals surface area contributed by atoms with Crippen molar-refractivity contribution in [1.82, 2.24) is 0 Å². The number of hydrogen-bond acceptors (Lipinski definition) is 3. The summed E-state index contributed by atoms with van der Waals surface area (Å²) >= 11 is 0. The van der Waals surface area contributed by atoms with Gasteiger partial charge in [0.15, 0.2) is 0 Å². The highest BCUT2D eigenvalue weighted by molar-refractivity contribution is 5.87. The van der Waals surface area contributed by atoms with Crippen molar-refractivity contribution in [3.05, 3.63) is 34.9 Å². The first-order valence-corrected chi connectivity index (χ1v) is 6.71. The summed E-state index contributed by atoms with van der Waals surface area (Å²) in [6.07, 6.45) is 3.37. The third-order valence-electron chi connectivity index (χ3n) is 2.77.